The molecule has 0 aromatic heterocycles. The van der Waals surface area contributed by atoms with E-state index in [-0.39, 0.29) is 30.3 Å². The summed E-state index contributed by atoms with van der Waals surface area (Å²) in [5.41, 5.74) is 5.44. The number of amides is 1. The maximum Gasteiger partial charge on any atom is 0.323 e. The summed E-state index contributed by atoms with van der Waals surface area (Å²) in [5, 5.41) is 2.96. The van der Waals surface area contributed by atoms with Gasteiger partial charge in [0.25, 0.3) is 0 Å². The molecule has 0 unspecified atom stereocenters. The van der Waals surface area contributed by atoms with Crippen LogP contribution in [0.2, 0.25) is 0 Å². The molecule has 1 aliphatic rings. The molecule has 0 aliphatic carbocycles. The van der Waals surface area contributed by atoms with Crippen molar-refractivity contribution in [3.63, 3.8) is 0 Å². The van der Waals surface area contributed by atoms with E-state index in [9.17, 15) is 9.59 Å². The molecule has 0 bridgehead atoms. The summed E-state index contributed by atoms with van der Waals surface area (Å²) in [4.78, 5) is 29.3. The summed E-state index contributed by atoms with van der Waals surface area (Å²) < 4.78 is 5.78. The molecule has 1 aliphatic heterocycles. The van der Waals surface area contributed by atoms with Crippen LogP contribution in [0, 0.1) is 0 Å². The Labute approximate surface area is 226 Å². The first-order chi connectivity index (χ1) is 17.5. The second-order valence-corrected chi connectivity index (χ2v) is 9.15. The largest absolute Gasteiger partial charge is 0.463 e. The summed E-state index contributed by atoms with van der Waals surface area (Å²) in [6.45, 7) is 7.01. The van der Waals surface area contributed by atoms with Crippen LogP contribution in [-0.4, -0.2) is 42.5 Å². The molecule has 0 fully saturated rings. The molecule has 0 saturated carbocycles. The first kappa shape index (κ1) is 28.2. The van der Waals surface area contributed by atoms with Gasteiger partial charge in [-0.25, -0.2) is 0 Å². The van der Waals surface area contributed by atoms with Gasteiger partial charge in [-0.1, -0.05) is 66.7 Å². The van der Waals surface area contributed by atoms with Gasteiger partial charge in [-0.2, -0.15) is 0 Å². The van der Waals surface area contributed by atoms with Gasteiger partial charge in [-0.15, -0.1) is 12.4 Å². The lowest BCUT2D eigenvalue weighted by atomic mass is 10.00. The number of ether oxygens (including phenoxy) is 1. The third-order valence-corrected chi connectivity index (χ3v) is 6.70. The van der Waals surface area contributed by atoms with Crippen LogP contribution in [-0.2, 0) is 33.8 Å². The van der Waals surface area contributed by atoms with Gasteiger partial charge in [0.2, 0.25) is 5.91 Å². The van der Waals surface area contributed by atoms with E-state index in [0.717, 1.165) is 41.0 Å². The first-order valence-corrected chi connectivity index (χ1v) is 12.7. The second-order valence-electron chi connectivity index (χ2n) is 9.15. The van der Waals surface area contributed by atoms with Crippen molar-refractivity contribution < 1.29 is 14.3 Å². The van der Waals surface area contributed by atoms with Gasteiger partial charge in [0.1, 0.15) is 12.6 Å². The lowest BCUT2D eigenvalue weighted by Gasteiger charge is -2.30. The molecule has 3 aromatic carbocycles. The smallest absolute Gasteiger partial charge is 0.323 e. The highest BCUT2D eigenvalue weighted by atomic mass is 35.5. The van der Waals surface area contributed by atoms with Gasteiger partial charge in [-0.3, -0.25) is 14.5 Å². The number of nitrogens with one attached hydrogen (secondary N) is 1. The molecule has 7 heteroatoms. The average molecular weight is 522 g/mol. The van der Waals surface area contributed by atoms with Crippen molar-refractivity contribution in [3.8, 4) is 0 Å². The predicted molar refractivity (Wildman–Crippen MR) is 151 cm³/mol. The van der Waals surface area contributed by atoms with Crippen LogP contribution < -0.4 is 10.2 Å². The zero-order valence-corrected chi connectivity index (χ0v) is 22.4. The van der Waals surface area contributed by atoms with Crippen LogP contribution in [0.5, 0.6) is 0 Å². The van der Waals surface area contributed by atoms with E-state index >= 15 is 0 Å². The Balaban J connectivity index is 0.00000380. The summed E-state index contributed by atoms with van der Waals surface area (Å²) in [5.74, 6) is -0.165. The Morgan fingerprint density at radius 3 is 2.14 bits per heavy atom. The average Bonchev–Trinajstić information content (AvgIpc) is 2.91. The number of carbonyl (C=O) groups excluding carboxylic acids is 2. The maximum absolute atomic E-state index is 13.1. The number of likely N-dealkylation sites (N-methyl/N-ethyl adjacent to an activating group) is 1. The number of anilines is 2. The molecule has 6 nitrogen and oxygen atoms in total. The Hall–Kier alpha value is -3.35. The zero-order chi connectivity index (χ0) is 25.3. The second kappa shape index (κ2) is 13.8. The minimum absolute atomic E-state index is 0. The number of fused-ring (bicyclic) bond motifs is 1. The van der Waals surface area contributed by atoms with E-state index < -0.39 is 0 Å². The molecule has 37 heavy (non-hydrogen) atoms. The fourth-order valence-corrected chi connectivity index (χ4v) is 4.64. The minimum Gasteiger partial charge on any atom is -0.463 e. The predicted octanol–water partition coefficient (Wildman–Crippen LogP) is 5.45. The SMILES string of the molecule is CCN(CCOC(=O)[C@H](C)N(Cc1ccccc1)Cc1ccccc1)c1cccc2c1CCC(=O)N2.Cl. The highest BCUT2D eigenvalue weighted by Crippen LogP contribution is 2.31. The summed E-state index contributed by atoms with van der Waals surface area (Å²) >= 11 is 0. The van der Waals surface area contributed by atoms with Crippen LogP contribution in [0.1, 0.15) is 37.0 Å². The number of esters is 1. The van der Waals surface area contributed by atoms with Gasteiger partial charge < -0.3 is 15.0 Å². The molecule has 196 valence electrons. The van der Waals surface area contributed by atoms with E-state index in [2.05, 4.69) is 52.4 Å². The van der Waals surface area contributed by atoms with E-state index in [1.807, 2.05) is 55.5 Å². The monoisotopic (exact) mass is 521 g/mol. The third kappa shape index (κ3) is 7.57. The molecule has 0 radical (unpaired) electrons. The molecule has 0 spiro atoms. The van der Waals surface area contributed by atoms with Crippen molar-refractivity contribution in [1.29, 1.82) is 0 Å². The number of hydrogen-bond donors (Lipinski definition) is 1. The van der Waals surface area contributed by atoms with Crippen molar-refractivity contribution >= 4 is 35.7 Å². The molecule has 3 aromatic rings. The lowest BCUT2D eigenvalue weighted by molar-refractivity contribution is -0.149. The van der Waals surface area contributed by atoms with Crippen molar-refractivity contribution in [2.24, 2.45) is 0 Å². The highest BCUT2D eigenvalue weighted by molar-refractivity contribution is 5.95. The molecule has 1 atom stereocenters. The lowest BCUT2D eigenvalue weighted by Crippen LogP contribution is -2.40. The zero-order valence-electron chi connectivity index (χ0n) is 21.6. The number of nitrogens with zero attached hydrogens (tertiary/aromatic N) is 2. The molecule has 1 heterocycles. The van der Waals surface area contributed by atoms with Crippen LogP contribution in [0.4, 0.5) is 11.4 Å². The van der Waals surface area contributed by atoms with Crippen LogP contribution in [0.15, 0.2) is 78.9 Å². The molecule has 1 amide bonds. The Kier molecular flexibility index (Phi) is 10.5. The Morgan fingerprint density at radius 1 is 0.919 bits per heavy atom. The maximum atomic E-state index is 13.1. The number of carbonyl (C=O) groups is 2. The van der Waals surface area contributed by atoms with Crippen molar-refractivity contribution in [2.45, 2.75) is 45.8 Å². The Bertz CT molecular complexity index is 1120. The summed E-state index contributed by atoms with van der Waals surface area (Å²) in [6.07, 6.45) is 1.21. The van der Waals surface area contributed by atoms with Crippen LogP contribution >= 0.6 is 12.4 Å². The highest BCUT2D eigenvalue weighted by Gasteiger charge is 2.24. The molecular weight excluding hydrogens is 486 g/mol. The van der Waals surface area contributed by atoms with Crippen LogP contribution in [0.3, 0.4) is 0 Å². The number of benzene rings is 3. The van der Waals surface area contributed by atoms with Gasteiger partial charge >= 0.3 is 5.97 Å². The molecule has 1 N–H and O–H groups in total. The fourth-order valence-electron chi connectivity index (χ4n) is 4.64. The number of rotatable bonds is 11. The molecule has 0 saturated heterocycles. The molecular formula is C30H36ClN3O3. The third-order valence-electron chi connectivity index (χ3n) is 6.70. The summed E-state index contributed by atoms with van der Waals surface area (Å²) in [6, 6.07) is 26.0. The van der Waals surface area contributed by atoms with E-state index in [1.165, 1.54) is 0 Å². The van der Waals surface area contributed by atoms with E-state index in [0.29, 0.717) is 32.7 Å². The standard InChI is InChI=1S/C30H35N3O3.ClH/c1-3-32(28-16-10-15-27-26(28)17-18-29(34)31-27)19-20-36-30(35)23(2)33(21-24-11-6-4-7-12-24)22-25-13-8-5-9-14-25;/h4-16,23H,3,17-22H2,1-2H3,(H,31,34);1H/t23-;/m0./s1. The quantitative estimate of drug-likeness (QED) is 0.340. The van der Waals surface area contributed by atoms with E-state index in [1.54, 1.807) is 0 Å². The van der Waals surface area contributed by atoms with E-state index in [4.69, 9.17) is 4.74 Å². The normalized spacial score (nSPS) is 13.2. The first-order valence-electron chi connectivity index (χ1n) is 12.7. The van der Waals surface area contributed by atoms with Gasteiger partial charge in [-0.05, 0) is 49.1 Å². The summed E-state index contributed by atoms with van der Waals surface area (Å²) in [7, 11) is 0. The Morgan fingerprint density at radius 2 is 1.54 bits per heavy atom. The number of hydrogen-bond acceptors (Lipinski definition) is 5. The van der Waals surface area contributed by atoms with Crippen molar-refractivity contribution in [1.82, 2.24) is 4.90 Å². The molecule has 4 rings (SSSR count). The van der Waals surface area contributed by atoms with Gasteiger partial charge in [0, 0.05) is 37.4 Å². The van der Waals surface area contributed by atoms with Crippen molar-refractivity contribution in [2.75, 3.05) is 29.9 Å². The fraction of sp³-hybridized carbons (Fsp3) is 0.333. The van der Waals surface area contributed by atoms with Crippen molar-refractivity contribution in [3.05, 3.63) is 95.6 Å². The van der Waals surface area contributed by atoms with Gasteiger partial charge in [0.05, 0.1) is 6.54 Å². The van der Waals surface area contributed by atoms with Gasteiger partial charge in [0.15, 0.2) is 0 Å². The topological polar surface area (TPSA) is 61.9 Å². The minimum atomic E-state index is -0.389. The number of halogens is 1. The van der Waals surface area contributed by atoms with Crippen LogP contribution in [0.25, 0.3) is 0 Å².